The van der Waals surface area contributed by atoms with Gasteiger partial charge >= 0.3 is 0 Å². The maximum atomic E-state index is 13.6. The molecule has 1 aliphatic rings. The smallest absolute Gasteiger partial charge is 0.244 e. The Morgan fingerprint density at radius 2 is 1.72 bits per heavy atom. The second kappa shape index (κ2) is 7.57. The minimum Gasteiger partial charge on any atom is -0.497 e. The molecule has 0 amide bonds. The molecule has 1 aliphatic heterocycles. The van der Waals surface area contributed by atoms with E-state index in [1.807, 2.05) is 49.5 Å². The molecule has 2 aromatic carbocycles. The van der Waals surface area contributed by atoms with Gasteiger partial charge in [-0.25, -0.2) is 8.42 Å². The Morgan fingerprint density at radius 3 is 2.41 bits per heavy atom. The van der Waals surface area contributed by atoms with Gasteiger partial charge in [0.25, 0.3) is 0 Å². The monoisotopic (exact) mass is 412 g/mol. The van der Waals surface area contributed by atoms with E-state index in [4.69, 9.17) is 9.47 Å². The van der Waals surface area contributed by atoms with Gasteiger partial charge in [0.1, 0.15) is 11.5 Å². The van der Waals surface area contributed by atoms with E-state index >= 15 is 0 Å². The van der Waals surface area contributed by atoms with E-state index in [1.165, 1.54) is 0 Å². The van der Waals surface area contributed by atoms with Gasteiger partial charge in [-0.05, 0) is 43.3 Å². The lowest BCUT2D eigenvalue weighted by atomic mass is 10.0. The van der Waals surface area contributed by atoms with Crippen molar-refractivity contribution in [2.45, 2.75) is 24.4 Å². The molecule has 2 heterocycles. The number of benzene rings is 2. The molecule has 152 valence electrons. The summed E-state index contributed by atoms with van der Waals surface area (Å²) in [6.45, 7) is 2.91. The van der Waals surface area contributed by atoms with Crippen LogP contribution in [0.4, 0.5) is 0 Å². The van der Waals surface area contributed by atoms with Crippen molar-refractivity contribution >= 4 is 10.0 Å². The standard InChI is InChI=1S/C22H24N2O4S/c1-16-6-9-18(10-7-16)29(25,26)24-14-13-23-12-4-5-20(23)22(24)19-11-8-17(27-2)15-21(19)28-3/h4-12,15,22H,13-14H2,1-3H3. The van der Waals surface area contributed by atoms with Gasteiger partial charge < -0.3 is 14.0 Å². The summed E-state index contributed by atoms with van der Waals surface area (Å²) in [6, 6.07) is 15.9. The average Bonchev–Trinajstić information content (AvgIpc) is 3.22. The summed E-state index contributed by atoms with van der Waals surface area (Å²) in [5.41, 5.74) is 2.71. The van der Waals surface area contributed by atoms with Gasteiger partial charge in [0, 0.05) is 36.6 Å². The van der Waals surface area contributed by atoms with Crippen molar-refractivity contribution in [1.82, 2.24) is 8.87 Å². The number of aromatic nitrogens is 1. The fraction of sp³-hybridized carbons (Fsp3) is 0.273. The summed E-state index contributed by atoms with van der Waals surface area (Å²) in [5.74, 6) is 1.25. The van der Waals surface area contributed by atoms with Crippen LogP contribution in [0.15, 0.2) is 65.7 Å². The molecule has 29 heavy (non-hydrogen) atoms. The van der Waals surface area contributed by atoms with Crippen molar-refractivity contribution in [2.24, 2.45) is 0 Å². The van der Waals surface area contributed by atoms with Crippen LogP contribution in [-0.2, 0) is 16.6 Å². The third kappa shape index (κ3) is 3.41. The zero-order valence-corrected chi connectivity index (χ0v) is 17.5. The van der Waals surface area contributed by atoms with Crippen molar-refractivity contribution in [3.63, 3.8) is 0 Å². The largest absolute Gasteiger partial charge is 0.497 e. The number of sulfonamides is 1. The van der Waals surface area contributed by atoms with Crippen LogP contribution in [-0.4, -0.2) is 38.1 Å². The van der Waals surface area contributed by atoms with Crippen molar-refractivity contribution < 1.29 is 17.9 Å². The van der Waals surface area contributed by atoms with Crippen LogP contribution < -0.4 is 9.47 Å². The summed E-state index contributed by atoms with van der Waals surface area (Å²) < 4.78 is 41.8. The van der Waals surface area contributed by atoms with Crippen LogP contribution in [0.2, 0.25) is 0 Å². The third-order valence-electron chi connectivity index (χ3n) is 5.36. The van der Waals surface area contributed by atoms with Crippen molar-refractivity contribution in [3.05, 3.63) is 77.6 Å². The van der Waals surface area contributed by atoms with Crippen LogP contribution in [0.3, 0.4) is 0 Å². The van der Waals surface area contributed by atoms with Gasteiger partial charge in [-0.15, -0.1) is 0 Å². The Hall–Kier alpha value is -2.77. The second-order valence-electron chi connectivity index (χ2n) is 7.07. The predicted octanol–water partition coefficient (Wildman–Crippen LogP) is 3.61. The number of ether oxygens (including phenoxy) is 2. The van der Waals surface area contributed by atoms with E-state index in [0.717, 1.165) is 16.8 Å². The first-order valence-electron chi connectivity index (χ1n) is 9.41. The molecule has 0 radical (unpaired) electrons. The topological polar surface area (TPSA) is 60.8 Å². The molecule has 0 aliphatic carbocycles. The fourth-order valence-corrected chi connectivity index (χ4v) is 5.40. The van der Waals surface area contributed by atoms with Crippen LogP contribution in [0.5, 0.6) is 11.5 Å². The molecule has 0 saturated heterocycles. The van der Waals surface area contributed by atoms with E-state index in [2.05, 4.69) is 4.57 Å². The normalized spacial score (nSPS) is 17.0. The van der Waals surface area contributed by atoms with Crippen LogP contribution in [0.25, 0.3) is 0 Å². The van der Waals surface area contributed by atoms with Crippen molar-refractivity contribution in [2.75, 3.05) is 20.8 Å². The SMILES string of the molecule is COc1ccc(C2c3cccn3CCN2S(=O)(=O)c2ccc(C)cc2)c(OC)c1. The predicted molar refractivity (Wildman–Crippen MR) is 111 cm³/mol. The van der Waals surface area contributed by atoms with Gasteiger partial charge in [0.05, 0.1) is 25.2 Å². The number of hydrogen-bond donors (Lipinski definition) is 0. The first kappa shape index (κ1) is 19.5. The van der Waals surface area contributed by atoms with E-state index in [0.29, 0.717) is 29.5 Å². The molecule has 3 aromatic rings. The highest BCUT2D eigenvalue weighted by molar-refractivity contribution is 7.89. The number of rotatable bonds is 5. The Labute approximate surface area is 171 Å². The molecule has 0 spiro atoms. The molecule has 1 aromatic heterocycles. The highest BCUT2D eigenvalue weighted by Crippen LogP contribution is 2.41. The first-order chi connectivity index (χ1) is 14.0. The van der Waals surface area contributed by atoms with Crippen molar-refractivity contribution in [3.8, 4) is 11.5 Å². The molecule has 0 fully saturated rings. The number of fused-ring (bicyclic) bond motifs is 1. The Balaban J connectivity index is 1.87. The number of aryl methyl sites for hydroxylation is 1. The Kier molecular flexibility index (Phi) is 5.10. The molecule has 1 unspecified atom stereocenters. The van der Waals surface area contributed by atoms with Gasteiger partial charge in [-0.1, -0.05) is 17.7 Å². The lowest BCUT2D eigenvalue weighted by Gasteiger charge is -2.37. The lowest BCUT2D eigenvalue weighted by molar-refractivity contribution is 0.290. The highest BCUT2D eigenvalue weighted by Gasteiger charge is 2.39. The molecule has 4 rings (SSSR count). The summed E-state index contributed by atoms with van der Waals surface area (Å²) in [6.07, 6.45) is 1.98. The summed E-state index contributed by atoms with van der Waals surface area (Å²) in [7, 11) is -0.530. The summed E-state index contributed by atoms with van der Waals surface area (Å²) in [5, 5.41) is 0. The van der Waals surface area contributed by atoms with Gasteiger partial charge in [0.2, 0.25) is 10.0 Å². The van der Waals surface area contributed by atoms with E-state index < -0.39 is 16.1 Å². The maximum Gasteiger partial charge on any atom is 0.244 e. The van der Waals surface area contributed by atoms with Crippen LogP contribution in [0.1, 0.15) is 22.9 Å². The van der Waals surface area contributed by atoms with E-state index in [1.54, 1.807) is 36.7 Å². The van der Waals surface area contributed by atoms with Crippen LogP contribution in [0, 0.1) is 6.92 Å². The molecule has 0 bridgehead atoms. The molecule has 7 heteroatoms. The van der Waals surface area contributed by atoms with Crippen molar-refractivity contribution in [1.29, 1.82) is 0 Å². The molecule has 0 N–H and O–H groups in total. The number of methoxy groups -OCH3 is 2. The second-order valence-corrected chi connectivity index (χ2v) is 8.96. The Morgan fingerprint density at radius 1 is 0.966 bits per heavy atom. The minimum absolute atomic E-state index is 0.292. The van der Waals surface area contributed by atoms with Gasteiger partial charge in [-0.2, -0.15) is 4.31 Å². The van der Waals surface area contributed by atoms with Gasteiger partial charge in [0.15, 0.2) is 0 Å². The molecular weight excluding hydrogens is 388 g/mol. The van der Waals surface area contributed by atoms with Gasteiger partial charge in [-0.3, -0.25) is 0 Å². The zero-order chi connectivity index (χ0) is 20.6. The summed E-state index contributed by atoms with van der Waals surface area (Å²) in [4.78, 5) is 0.292. The van der Waals surface area contributed by atoms with Crippen LogP contribution >= 0.6 is 0 Å². The number of hydrogen-bond acceptors (Lipinski definition) is 4. The maximum absolute atomic E-state index is 13.6. The molecular formula is C22H24N2O4S. The highest BCUT2D eigenvalue weighted by atomic mass is 32.2. The molecule has 1 atom stereocenters. The fourth-order valence-electron chi connectivity index (χ4n) is 3.83. The first-order valence-corrected chi connectivity index (χ1v) is 10.8. The molecule has 0 saturated carbocycles. The minimum atomic E-state index is -3.70. The average molecular weight is 413 g/mol. The van der Waals surface area contributed by atoms with E-state index in [9.17, 15) is 8.42 Å². The quantitative estimate of drug-likeness (QED) is 0.642. The lowest BCUT2D eigenvalue weighted by Crippen LogP contribution is -2.42. The third-order valence-corrected chi connectivity index (χ3v) is 7.24. The number of nitrogens with zero attached hydrogens (tertiary/aromatic N) is 2. The Bertz CT molecular complexity index is 1120. The summed E-state index contributed by atoms with van der Waals surface area (Å²) >= 11 is 0. The van der Waals surface area contributed by atoms with E-state index in [-0.39, 0.29) is 0 Å². The zero-order valence-electron chi connectivity index (χ0n) is 16.7. The molecule has 6 nitrogen and oxygen atoms in total.